The third-order valence-electron chi connectivity index (χ3n) is 4.51. The van der Waals surface area contributed by atoms with Crippen LogP contribution in [0.25, 0.3) is 0 Å². The Kier molecular flexibility index (Phi) is 5.63. The van der Waals surface area contributed by atoms with E-state index in [9.17, 15) is 13.2 Å². The van der Waals surface area contributed by atoms with Crippen LogP contribution in [0.2, 0.25) is 0 Å². The molecule has 0 bridgehead atoms. The third kappa shape index (κ3) is 4.25. The first-order chi connectivity index (χ1) is 12.5. The normalized spacial score (nSPS) is 17.9. The van der Waals surface area contributed by atoms with Crippen LogP contribution in [0.15, 0.2) is 52.2 Å². The molecule has 140 valence electrons. The molecular weight excluding hydrogens is 356 g/mol. The minimum atomic E-state index is -3.59. The summed E-state index contributed by atoms with van der Waals surface area (Å²) in [4.78, 5) is 14.4. The van der Waals surface area contributed by atoms with Crippen LogP contribution in [0.3, 0.4) is 0 Å². The summed E-state index contributed by atoms with van der Waals surface area (Å²) in [6.07, 6.45) is 4.62. The van der Waals surface area contributed by atoms with Gasteiger partial charge in [0.1, 0.15) is 12.0 Å². The van der Waals surface area contributed by atoms with Gasteiger partial charge in [-0.05, 0) is 49.1 Å². The number of hydrogen-bond donors (Lipinski definition) is 1. The Morgan fingerprint density at radius 1 is 1.31 bits per heavy atom. The molecular formula is C18H22N2O5S. The number of carbonyl (C=O) groups is 1. The summed E-state index contributed by atoms with van der Waals surface area (Å²) in [6, 6.07) is 7.88. The Balaban J connectivity index is 1.59. The zero-order valence-corrected chi connectivity index (χ0v) is 15.4. The standard InChI is InChI=1S/C18H22N2O5S/c1-24-16-4-6-17(7-5-16)26(22,23)19-11-14-3-2-9-20(12-14)18(21)15-8-10-25-13-15/h4-8,10,13-14,19H,2-3,9,11-12H2,1H3. The molecule has 0 spiro atoms. The number of hydrogen-bond acceptors (Lipinski definition) is 5. The number of carbonyl (C=O) groups excluding carboxylic acids is 1. The van der Waals surface area contributed by atoms with Crippen molar-refractivity contribution in [1.82, 2.24) is 9.62 Å². The van der Waals surface area contributed by atoms with Crippen LogP contribution in [0.4, 0.5) is 0 Å². The maximum atomic E-state index is 12.4. The average molecular weight is 378 g/mol. The van der Waals surface area contributed by atoms with E-state index in [-0.39, 0.29) is 16.7 Å². The van der Waals surface area contributed by atoms with Gasteiger partial charge in [0.25, 0.3) is 5.91 Å². The van der Waals surface area contributed by atoms with Gasteiger partial charge in [-0.15, -0.1) is 0 Å². The second kappa shape index (κ2) is 7.92. The molecule has 1 unspecified atom stereocenters. The monoisotopic (exact) mass is 378 g/mol. The van der Waals surface area contributed by atoms with Gasteiger partial charge in [-0.2, -0.15) is 0 Å². The van der Waals surface area contributed by atoms with Crippen molar-refractivity contribution < 1.29 is 22.4 Å². The van der Waals surface area contributed by atoms with E-state index in [1.54, 1.807) is 23.1 Å². The molecule has 1 aromatic carbocycles. The van der Waals surface area contributed by atoms with Crippen LogP contribution in [0, 0.1) is 5.92 Å². The number of likely N-dealkylation sites (tertiary alicyclic amines) is 1. The van der Waals surface area contributed by atoms with Gasteiger partial charge in [-0.3, -0.25) is 4.79 Å². The molecule has 26 heavy (non-hydrogen) atoms. The van der Waals surface area contributed by atoms with Gasteiger partial charge in [0.15, 0.2) is 0 Å². The lowest BCUT2D eigenvalue weighted by atomic mass is 9.98. The van der Waals surface area contributed by atoms with Gasteiger partial charge in [0.2, 0.25) is 10.0 Å². The quantitative estimate of drug-likeness (QED) is 0.832. The van der Waals surface area contributed by atoms with Crippen molar-refractivity contribution in [3.05, 3.63) is 48.4 Å². The minimum absolute atomic E-state index is 0.0765. The van der Waals surface area contributed by atoms with Crippen LogP contribution in [0.5, 0.6) is 5.75 Å². The van der Waals surface area contributed by atoms with Gasteiger partial charge in [-0.25, -0.2) is 13.1 Å². The Hall–Kier alpha value is -2.32. The van der Waals surface area contributed by atoms with Crippen molar-refractivity contribution in [2.75, 3.05) is 26.7 Å². The first-order valence-electron chi connectivity index (χ1n) is 8.45. The van der Waals surface area contributed by atoms with E-state index in [4.69, 9.17) is 9.15 Å². The zero-order valence-electron chi connectivity index (χ0n) is 14.6. The predicted molar refractivity (Wildman–Crippen MR) is 95.5 cm³/mol. The van der Waals surface area contributed by atoms with Crippen molar-refractivity contribution >= 4 is 15.9 Å². The lowest BCUT2D eigenvalue weighted by molar-refractivity contribution is 0.0675. The highest BCUT2D eigenvalue weighted by molar-refractivity contribution is 7.89. The molecule has 7 nitrogen and oxygen atoms in total. The number of nitrogens with one attached hydrogen (secondary N) is 1. The van der Waals surface area contributed by atoms with E-state index in [1.165, 1.54) is 31.8 Å². The van der Waals surface area contributed by atoms with Crippen LogP contribution in [-0.4, -0.2) is 46.0 Å². The average Bonchev–Trinajstić information content (AvgIpc) is 3.21. The van der Waals surface area contributed by atoms with Crippen LogP contribution in [-0.2, 0) is 10.0 Å². The van der Waals surface area contributed by atoms with E-state index < -0.39 is 10.0 Å². The predicted octanol–water partition coefficient (Wildman–Crippen LogP) is 2.12. The number of sulfonamides is 1. The van der Waals surface area contributed by atoms with Gasteiger partial charge in [-0.1, -0.05) is 0 Å². The Bertz CT molecular complexity index is 831. The first kappa shape index (κ1) is 18.5. The molecule has 0 radical (unpaired) electrons. The van der Waals surface area contributed by atoms with Crippen molar-refractivity contribution in [2.24, 2.45) is 5.92 Å². The van der Waals surface area contributed by atoms with E-state index >= 15 is 0 Å². The van der Waals surface area contributed by atoms with E-state index in [1.807, 2.05) is 0 Å². The third-order valence-corrected chi connectivity index (χ3v) is 5.95. The van der Waals surface area contributed by atoms with Gasteiger partial charge >= 0.3 is 0 Å². The molecule has 0 saturated carbocycles. The summed E-state index contributed by atoms with van der Waals surface area (Å²) in [7, 11) is -2.06. The number of rotatable bonds is 6. The van der Waals surface area contributed by atoms with Crippen LogP contribution < -0.4 is 9.46 Å². The van der Waals surface area contributed by atoms with E-state index in [0.29, 0.717) is 30.9 Å². The fourth-order valence-electron chi connectivity index (χ4n) is 3.05. The van der Waals surface area contributed by atoms with E-state index in [2.05, 4.69) is 4.72 Å². The highest BCUT2D eigenvalue weighted by atomic mass is 32.2. The number of nitrogens with zero attached hydrogens (tertiary/aromatic N) is 1. The zero-order chi connectivity index (χ0) is 18.6. The molecule has 2 heterocycles. The van der Waals surface area contributed by atoms with Gasteiger partial charge in [0, 0.05) is 19.6 Å². The number of methoxy groups -OCH3 is 1. The molecule has 1 aliphatic heterocycles. The number of furan rings is 1. The summed E-state index contributed by atoms with van der Waals surface area (Å²) >= 11 is 0. The van der Waals surface area contributed by atoms with Crippen LogP contribution >= 0.6 is 0 Å². The molecule has 1 aromatic heterocycles. The molecule has 1 amide bonds. The van der Waals surface area contributed by atoms with Crippen molar-refractivity contribution in [1.29, 1.82) is 0 Å². The molecule has 1 aliphatic rings. The molecule has 1 fully saturated rings. The topological polar surface area (TPSA) is 88.9 Å². The summed E-state index contributed by atoms with van der Waals surface area (Å²) in [5, 5.41) is 0. The van der Waals surface area contributed by atoms with Gasteiger partial charge in [0.05, 0.1) is 23.8 Å². The van der Waals surface area contributed by atoms with Crippen molar-refractivity contribution in [3.8, 4) is 5.75 Å². The number of benzene rings is 1. The summed E-state index contributed by atoms with van der Waals surface area (Å²) in [5.41, 5.74) is 0.518. The summed E-state index contributed by atoms with van der Waals surface area (Å²) < 4.78 is 37.5. The first-order valence-corrected chi connectivity index (χ1v) is 9.93. The highest BCUT2D eigenvalue weighted by Crippen LogP contribution is 2.20. The lowest BCUT2D eigenvalue weighted by Crippen LogP contribution is -2.43. The largest absolute Gasteiger partial charge is 0.497 e. The summed E-state index contributed by atoms with van der Waals surface area (Å²) in [6.45, 7) is 1.49. The van der Waals surface area contributed by atoms with Crippen molar-refractivity contribution in [2.45, 2.75) is 17.7 Å². The molecule has 1 N–H and O–H groups in total. The maximum absolute atomic E-state index is 12.4. The fourth-order valence-corrected chi connectivity index (χ4v) is 4.17. The fraction of sp³-hybridized carbons (Fsp3) is 0.389. The Morgan fingerprint density at radius 3 is 2.73 bits per heavy atom. The molecule has 1 atom stereocenters. The van der Waals surface area contributed by atoms with Crippen LogP contribution in [0.1, 0.15) is 23.2 Å². The molecule has 8 heteroatoms. The Labute approximate surface area is 153 Å². The lowest BCUT2D eigenvalue weighted by Gasteiger charge is -2.32. The maximum Gasteiger partial charge on any atom is 0.257 e. The van der Waals surface area contributed by atoms with Crippen molar-refractivity contribution in [3.63, 3.8) is 0 Å². The second-order valence-electron chi connectivity index (χ2n) is 6.30. The molecule has 1 saturated heterocycles. The number of ether oxygens (including phenoxy) is 1. The highest BCUT2D eigenvalue weighted by Gasteiger charge is 2.26. The molecule has 3 rings (SSSR count). The minimum Gasteiger partial charge on any atom is -0.497 e. The number of amides is 1. The van der Waals surface area contributed by atoms with E-state index in [0.717, 1.165) is 12.8 Å². The number of piperidine rings is 1. The summed E-state index contributed by atoms with van der Waals surface area (Å²) in [5.74, 6) is 0.596. The molecule has 0 aliphatic carbocycles. The smallest absolute Gasteiger partial charge is 0.257 e. The SMILES string of the molecule is COc1ccc(S(=O)(=O)NCC2CCCN(C(=O)c3ccoc3)C2)cc1. The van der Waals surface area contributed by atoms with Gasteiger partial charge < -0.3 is 14.1 Å². The molecule has 2 aromatic rings. The second-order valence-corrected chi connectivity index (χ2v) is 8.07. The Morgan fingerprint density at radius 2 is 2.08 bits per heavy atom.